The molecule has 0 fully saturated rings. The first-order valence-corrected chi connectivity index (χ1v) is 7.86. The van der Waals surface area contributed by atoms with Crippen molar-refractivity contribution in [3.8, 4) is 5.88 Å². The van der Waals surface area contributed by atoms with Crippen LogP contribution >= 0.6 is 24.0 Å². The van der Waals surface area contributed by atoms with E-state index in [1.165, 1.54) is 12.1 Å². The van der Waals surface area contributed by atoms with Crippen molar-refractivity contribution < 1.29 is 9.13 Å². The van der Waals surface area contributed by atoms with E-state index in [0.29, 0.717) is 19.0 Å². The van der Waals surface area contributed by atoms with Crippen molar-refractivity contribution in [3.05, 3.63) is 59.5 Å². The van der Waals surface area contributed by atoms with Gasteiger partial charge in [0.1, 0.15) is 5.82 Å². The van der Waals surface area contributed by atoms with Crippen molar-refractivity contribution in [1.29, 1.82) is 0 Å². The average Bonchev–Trinajstić information content (AvgIpc) is 2.60. The molecule has 0 aliphatic rings. The Morgan fingerprint density at radius 2 is 1.96 bits per heavy atom. The smallest absolute Gasteiger partial charge is 0.213 e. The van der Waals surface area contributed by atoms with Gasteiger partial charge >= 0.3 is 0 Å². The van der Waals surface area contributed by atoms with Crippen molar-refractivity contribution in [1.82, 2.24) is 15.2 Å². The maximum absolute atomic E-state index is 13.0. The second-order valence-electron chi connectivity index (χ2n) is 5.32. The van der Waals surface area contributed by atoms with Gasteiger partial charge in [-0.3, -0.25) is 0 Å². The molecule has 2 rings (SSSR count). The van der Waals surface area contributed by atoms with Crippen LogP contribution in [0.1, 0.15) is 18.2 Å². The second kappa shape index (κ2) is 10.9. The van der Waals surface area contributed by atoms with Crippen LogP contribution in [0.3, 0.4) is 0 Å². The fourth-order valence-corrected chi connectivity index (χ4v) is 2.22. The van der Waals surface area contributed by atoms with Gasteiger partial charge in [0.15, 0.2) is 5.96 Å². The Balaban J connectivity index is 0.00000312. The van der Waals surface area contributed by atoms with E-state index in [2.05, 4.69) is 15.3 Å². The molecule has 25 heavy (non-hydrogen) atoms. The summed E-state index contributed by atoms with van der Waals surface area (Å²) in [7, 11) is 3.54. The summed E-state index contributed by atoms with van der Waals surface area (Å²) in [5, 5.41) is 3.26. The zero-order valence-electron chi connectivity index (χ0n) is 14.7. The quantitative estimate of drug-likeness (QED) is 0.410. The Morgan fingerprint density at radius 3 is 2.60 bits per heavy atom. The van der Waals surface area contributed by atoms with E-state index in [4.69, 9.17) is 4.74 Å². The third kappa shape index (κ3) is 6.85. The number of hydrogen-bond acceptors (Lipinski definition) is 3. The summed E-state index contributed by atoms with van der Waals surface area (Å²) in [5.74, 6) is 1.12. The molecule has 0 aliphatic heterocycles. The molecular weight excluding hydrogens is 434 g/mol. The Labute approximate surface area is 165 Å². The van der Waals surface area contributed by atoms with Crippen molar-refractivity contribution in [2.45, 2.75) is 20.0 Å². The Hall–Kier alpha value is -1.90. The van der Waals surface area contributed by atoms with Gasteiger partial charge in [0.25, 0.3) is 0 Å². The number of rotatable bonds is 6. The Kier molecular flexibility index (Phi) is 9.18. The molecule has 0 saturated carbocycles. The highest BCUT2D eigenvalue weighted by atomic mass is 127. The molecule has 0 aliphatic carbocycles. The van der Waals surface area contributed by atoms with E-state index in [9.17, 15) is 4.39 Å². The molecule has 0 unspecified atom stereocenters. The maximum Gasteiger partial charge on any atom is 0.213 e. The summed E-state index contributed by atoms with van der Waals surface area (Å²) >= 11 is 0. The second-order valence-corrected chi connectivity index (χ2v) is 5.32. The van der Waals surface area contributed by atoms with Crippen LogP contribution in [-0.2, 0) is 13.1 Å². The lowest BCUT2D eigenvalue weighted by atomic mass is 10.2. The van der Waals surface area contributed by atoms with E-state index in [1.807, 2.05) is 31.0 Å². The lowest BCUT2D eigenvalue weighted by Gasteiger charge is -2.22. The number of guanidine groups is 1. The number of hydrogen-bond donors (Lipinski definition) is 1. The lowest BCUT2D eigenvalue weighted by molar-refractivity contribution is 0.396. The molecule has 0 amide bonds. The monoisotopic (exact) mass is 458 g/mol. The molecule has 136 valence electrons. The van der Waals surface area contributed by atoms with Crippen LogP contribution in [0.5, 0.6) is 5.88 Å². The number of halogens is 2. The largest absolute Gasteiger partial charge is 0.481 e. The summed E-state index contributed by atoms with van der Waals surface area (Å²) in [6.45, 7) is 3.87. The van der Waals surface area contributed by atoms with Crippen LogP contribution < -0.4 is 10.1 Å². The van der Waals surface area contributed by atoms with E-state index >= 15 is 0 Å². The van der Waals surface area contributed by atoms with Crippen molar-refractivity contribution >= 4 is 29.9 Å². The number of pyridine rings is 1. The van der Waals surface area contributed by atoms with Gasteiger partial charge in [0.2, 0.25) is 5.88 Å². The van der Waals surface area contributed by atoms with Gasteiger partial charge in [0.05, 0.1) is 19.3 Å². The average molecular weight is 458 g/mol. The molecule has 1 aromatic carbocycles. The minimum Gasteiger partial charge on any atom is -0.481 e. The van der Waals surface area contributed by atoms with Crippen LogP contribution in [0, 0.1) is 5.82 Å². The lowest BCUT2D eigenvalue weighted by Crippen LogP contribution is -2.38. The van der Waals surface area contributed by atoms with Crippen LogP contribution in [0.15, 0.2) is 47.5 Å². The van der Waals surface area contributed by atoms with Gasteiger partial charge in [-0.2, -0.15) is 0 Å². The van der Waals surface area contributed by atoms with Crippen LogP contribution in [0.2, 0.25) is 0 Å². The van der Waals surface area contributed by atoms with Gasteiger partial charge in [-0.15, -0.1) is 24.0 Å². The third-order valence-corrected chi connectivity index (χ3v) is 3.41. The topological polar surface area (TPSA) is 49.8 Å². The summed E-state index contributed by atoms with van der Waals surface area (Å²) < 4.78 is 18.1. The molecular formula is C18H24FIN4O. The predicted molar refractivity (Wildman–Crippen MR) is 109 cm³/mol. The molecule has 0 bridgehead atoms. The molecule has 1 N–H and O–H groups in total. The molecule has 2 aromatic rings. The zero-order chi connectivity index (χ0) is 17.4. The number of benzene rings is 1. The predicted octanol–water partition coefficient (Wildman–Crippen LogP) is 3.44. The number of nitrogens with one attached hydrogen (secondary N) is 1. The van der Waals surface area contributed by atoms with Gasteiger partial charge in [-0.05, 0) is 30.7 Å². The first-order chi connectivity index (χ1) is 11.6. The number of aliphatic imine (C=N–C) groups is 1. The number of nitrogens with zero attached hydrogens (tertiary/aromatic N) is 3. The molecule has 0 saturated heterocycles. The number of methoxy groups -OCH3 is 1. The Morgan fingerprint density at radius 1 is 1.24 bits per heavy atom. The van der Waals surface area contributed by atoms with E-state index in [1.54, 1.807) is 25.3 Å². The highest BCUT2D eigenvalue weighted by molar-refractivity contribution is 14.0. The molecule has 1 heterocycles. The molecule has 0 atom stereocenters. The minimum atomic E-state index is -0.230. The van der Waals surface area contributed by atoms with Gasteiger partial charge in [0, 0.05) is 26.2 Å². The highest BCUT2D eigenvalue weighted by Crippen LogP contribution is 2.09. The summed E-state index contributed by atoms with van der Waals surface area (Å²) in [4.78, 5) is 11.0. The highest BCUT2D eigenvalue weighted by Gasteiger charge is 2.07. The minimum absolute atomic E-state index is 0. The number of aromatic nitrogens is 1. The van der Waals surface area contributed by atoms with Gasteiger partial charge < -0.3 is 15.0 Å². The van der Waals surface area contributed by atoms with Crippen molar-refractivity contribution in [2.24, 2.45) is 4.99 Å². The van der Waals surface area contributed by atoms with Crippen molar-refractivity contribution in [2.75, 3.05) is 20.7 Å². The van der Waals surface area contributed by atoms with Crippen LogP contribution in [0.4, 0.5) is 4.39 Å². The van der Waals surface area contributed by atoms with Crippen molar-refractivity contribution in [3.63, 3.8) is 0 Å². The molecule has 0 radical (unpaired) electrons. The van der Waals surface area contributed by atoms with Crippen LogP contribution in [0.25, 0.3) is 0 Å². The Bertz CT molecular complexity index is 679. The summed E-state index contributed by atoms with van der Waals surface area (Å²) in [5.41, 5.74) is 1.85. The SMILES string of the molecule is CCNC(=NCc1cccc(OC)n1)N(C)Cc1ccc(F)cc1.I. The summed E-state index contributed by atoms with van der Waals surface area (Å²) in [6, 6.07) is 12.1. The fraction of sp³-hybridized carbons (Fsp3) is 0.333. The summed E-state index contributed by atoms with van der Waals surface area (Å²) in [6.07, 6.45) is 0. The normalized spacial score (nSPS) is 10.8. The zero-order valence-corrected chi connectivity index (χ0v) is 17.0. The van der Waals surface area contributed by atoms with E-state index < -0.39 is 0 Å². The molecule has 5 nitrogen and oxygen atoms in total. The standard InChI is InChI=1S/C18H23FN4O.HI/c1-4-20-18(21-12-16-6-5-7-17(22-16)24-3)23(2)13-14-8-10-15(19)11-9-14;/h5-11H,4,12-13H2,1-3H3,(H,20,21);1H. The van der Waals surface area contributed by atoms with Crippen LogP contribution in [-0.4, -0.2) is 36.5 Å². The first-order valence-electron chi connectivity index (χ1n) is 7.86. The maximum atomic E-state index is 13.0. The van der Waals surface area contributed by atoms with Gasteiger partial charge in [-0.1, -0.05) is 18.2 Å². The van der Waals surface area contributed by atoms with E-state index in [-0.39, 0.29) is 29.8 Å². The fourth-order valence-electron chi connectivity index (χ4n) is 2.22. The molecule has 1 aromatic heterocycles. The van der Waals surface area contributed by atoms with Gasteiger partial charge in [-0.25, -0.2) is 14.4 Å². The first kappa shape index (κ1) is 21.1. The number of ether oxygens (including phenoxy) is 1. The molecule has 7 heteroatoms. The van der Waals surface area contributed by atoms with E-state index in [0.717, 1.165) is 23.8 Å². The third-order valence-electron chi connectivity index (χ3n) is 3.41. The molecule has 0 spiro atoms.